The monoisotopic (exact) mass is 706 g/mol. The second-order valence-electron chi connectivity index (χ2n) is 2.50. The molecule has 0 atom stereocenters. The molecule has 0 fully saturated rings. The van der Waals surface area contributed by atoms with Crippen LogP contribution in [0.25, 0.3) is 0 Å². The third kappa shape index (κ3) is 42.6. The maximum absolute atomic E-state index is 5.32. The third-order valence-electron chi connectivity index (χ3n) is 1.23. The Bertz CT molecular complexity index is 630. The maximum Gasteiger partial charge on any atom is 1.00 e. The van der Waals surface area contributed by atoms with E-state index in [2.05, 4.69) is 74.9 Å². The van der Waals surface area contributed by atoms with Gasteiger partial charge in [0.2, 0.25) is 15.9 Å². The zero-order valence-electron chi connectivity index (χ0n) is 20.7. The number of hydrogen-bond acceptors (Lipinski definition) is 9. The molecule has 0 saturated carbocycles. The summed E-state index contributed by atoms with van der Waals surface area (Å²) < 4.78 is 1.34. The van der Waals surface area contributed by atoms with Crippen molar-refractivity contribution >= 4 is 130 Å². The zero-order chi connectivity index (χ0) is 17.7. The van der Waals surface area contributed by atoms with Crippen molar-refractivity contribution in [3.05, 3.63) is 30.2 Å². The molecule has 0 aromatic carbocycles. The van der Waals surface area contributed by atoms with E-state index >= 15 is 0 Å². The van der Waals surface area contributed by atoms with Gasteiger partial charge < -0.3 is 46.6 Å². The molecule has 3 N–H and O–H groups in total. The molecule has 0 radical (unpaired) electrons. The first-order valence-electron chi connectivity index (χ1n) is 4.36. The molecule has 0 aliphatic heterocycles. The van der Waals surface area contributed by atoms with Crippen molar-refractivity contribution in [1.82, 2.24) is 29.9 Å². The second-order valence-corrected chi connectivity index (χ2v) is 4.74. The second kappa shape index (κ2) is 46.3. The van der Waals surface area contributed by atoms with Crippen LogP contribution in [0.15, 0.2) is 0 Å². The van der Waals surface area contributed by atoms with Gasteiger partial charge in [0.1, 0.15) is 0 Å². The molecule has 0 amide bonds. The Morgan fingerprint density at radius 3 is 0.867 bits per heavy atom. The molecule has 0 unspecified atom stereocenters. The van der Waals surface area contributed by atoms with E-state index in [4.69, 9.17) is 71.5 Å². The normalized spacial score (nSPS) is 6.10. The number of halogens is 6. The molecule has 24 heteroatoms. The predicted molar refractivity (Wildman–Crippen MR) is 120 cm³/mol. The van der Waals surface area contributed by atoms with Gasteiger partial charge in [-0.1, -0.05) is 0 Å². The average molecular weight is 709 g/mol. The van der Waals surface area contributed by atoms with E-state index in [-0.39, 0.29) is 225 Å². The third-order valence-corrected chi connectivity index (χ3v) is 2.35. The molecule has 2 aromatic rings. The van der Waals surface area contributed by atoms with Gasteiger partial charge in [0, 0.05) is 21.7 Å². The molecule has 2 rings (SSSR count). The standard InChI is InChI=1S/C3Cl3N3.C3H3N3S3.Cl2.ClH.6Na.H2S2.H2S.4H/c4-1-7-2(5)9-3(6)8-1;7-1-4-2(8)6-3(9)5-1;1-2;;;;;;;;1-2;;;;;/h;(H3,4,5,6,7,8,9);;1H;;;;;;;1-2H;1H2;;;;/q;;;;6*+1;;;4*-1/p-2. The predicted octanol–water partition coefficient (Wildman–Crippen LogP) is -15.0. The van der Waals surface area contributed by atoms with Crippen molar-refractivity contribution in [2.24, 2.45) is 0 Å². The van der Waals surface area contributed by atoms with Gasteiger partial charge in [-0.3, -0.25) is 0 Å². The number of aromatic nitrogens is 6. The first kappa shape index (κ1) is 66.0. The molecule has 0 spiro atoms. The number of nitrogens with one attached hydrogen (secondary N) is 3. The SMILES string of the molecule is ClCl.Clc1nc(Cl)nc(Cl)n1.S=c1[nH]c(=S)[nH]c(=S)[nH]1.SS.[Cl-].[H-].[H-].[H-].[H-].[Na+].[Na+].[Na+].[Na+].[Na+].[Na+].[SH-]. The molecular formula is C6H10Cl6N6Na6S6. The van der Waals surface area contributed by atoms with E-state index in [1.165, 1.54) is 0 Å². The van der Waals surface area contributed by atoms with Crippen LogP contribution in [0.4, 0.5) is 0 Å². The molecule has 30 heavy (non-hydrogen) atoms. The fourth-order valence-corrected chi connectivity index (χ4v) is 2.12. The summed E-state index contributed by atoms with van der Waals surface area (Å²) in [6.45, 7) is 0. The number of hydrogen-bond donors (Lipinski definition) is 5. The Hall–Kier alpha value is 7.47. The molecule has 2 aromatic heterocycles. The summed E-state index contributed by atoms with van der Waals surface area (Å²) in [5, 5.41) is 0.00000000000000178. The summed E-state index contributed by atoms with van der Waals surface area (Å²) in [5.41, 5.74) is 0. The quantitative estimate of drug-likeness (QED) is 0.0612. The molecule has 0 saturated heterocycles. The number of thiol groups is 3. The fourth-order valence-electron chi connectivity index (χ4n) is 0.706. The Morgan fingerprint density at radius 2 is 0.733 bits per heavy atom. The van der Waals surface area contributed by atoms with Crippen molar-refractivity contribution in [2.45, 2.75) is 0 Å². The van der Waals surface area contributed by atoms with E-state index < -0.39 is 0 Å². The summed E-state index contributed by atoms with van der Waals surface area (Å²) in [5.74, 6) is 0. The van der Waals surface area contributed by atoms with Crippen molar-refractivity contribution < 1.29 is 195 Å². The van der Waals surface area contributed by atoms with Gasteiger partial charge in [0.25, 0.3) is 0 Å². The van der Waals surface area contributed by atoms with Gasteiger partial charge in [-0.25, -0.2) is 0 Å². The van der Waals surface area contributed by atoms with Crippen LogP contribution in [0.2, 0.25) is 15.9 Å². The molecule has 148 valence electrons. The van der Waals surface area contributed by atoms with Crippen LogP contribution in [-0.4, -0.2) is 29.9 Å². The van der Waals surface area contributed by atoms with Crippen molar-refractivity contribution in [3.63, 3.8) is 0 Å². The van der Waals surface area contributed by atoms with E-state index in [0.29, 0.717) is 14.3 Å². The zero-order valence-corrected chi connectivity index (χ0v) is 38.3. The van der Waals surface area contributed by atoms with Crippen LogP contribution in [0.1, 0.15) is 5.71 Å². The van der Waals surface area contributed by atoms with Crippen LogP contribution in [0.3, 0.4) is 0 Å². The smallest absolute Gasteiger partial charge is 1.00 e. The Morgan fingerprint density at radius 1 is 0.600 bits per heavy atom. The van der Waals surface area contributed by atoms with Crippen LogP contribution < -0.4 is 190 Å². The Labute approximate surface area is 376 Å². The van der Waals surface area contributed by atoms with Gasteiger partial charge in [0.05, 0.1) is 0 Å². The first-order valence-corrected chi connectivity index (χ1v) is 9.47. The molecule has 0 aliphatic carbocycles. The summed E-state index contributed by atoms with van der Waals surface area (Å²) in [4.78, 5) is 18.4. The topological polar surface area (TPSA) is 86.0 Å². The minimum Gasteiger partial charge on any atom is -1.00 e. The first-order chi connectivity index (χ1) is 10.4. The van der Waals surface area contributed by atoms with Crippen LogP contribution >= 0.6 is 116 Å². The van der Waals surface area contributed by atoms with E-state index in [0.717, 1.165) is 0 Å². The summed E-state index contributed by atoms with van der Waals surface area (Å²) in [7, 11) is 8.22. The minimum absolute atomic E-state index is 0. The van der Waals surface area contributed by atoms with E-state index in [9.17, 15) is 0 Å². The van der Waals surface area contributed by atoms with Gasteiger partial charge in [-0.2, -0.15) is 15.0 Å². The average Bonchev–Trinajstić information content (AvgIpc) is 2.40. The molecular weight excluding hydrogens is 699 g/mol. The molecule has 0 aliphatic rings. The van der Waals surface area contributed by atoms with Crippen LogP contribution in [-0.2, 0) is 13.5 Å². The molecule has 6 nitrogen and oxygen atoms in total. The van der Waals surface area contributed by atoms with Crippen molar-refractivity contribution in [1.29, 1.82) is 0 Å². The van der Waals surface area contributed by atoms with Gasteiger partial charge >= 0.3 is 177 Å². The van der Waals surface area contributed by atoms with Gasteiger partial charge in [-0.05, 0) is 71.5 Å². The van der Waals surface area contributed by atoms with E-state index in [1.54, 1.807) is 0 Å². The maximum atomic E-state index is 5.32. The van der Waals surface area contributed by atoms with Crippen LogP contribution in [0.5, 0.6) is 0 Å². The number of rotatable bonds is 0. The Balaban J connectivity index is -0.0000000130. The van der Waals surface area contributed by atoms with Gasteiger partial charge in [-0.15, -0.1) is 23.3 Å². The fraction of sp³-hybridized carbons (Fsp3) is 0. The van der Waals surface area contributed by atoms with Crippen LogP contribution in [0, 0.1) is 14.3 Å². The van der Waals surface area contributed by atoms with Crippen molar-refractivity contribution in [2.75, 3.05) is 0 Å². The number of H-pyrrole nitrogens is 3. The van der Waals surface area contributed by atoms with Crippen molar-refractivity contribution in [3.8, 4) is 0 Å². The summed E-state index contributed by atoms with van der Waals surface area (Å²) in [6, 6.07) is 0. The number of aromatic amines is 3. The van der Waals surface area contributed by atoms with Gasteiger partial charge in [0.15, 0.2) is 14.3 Å². The van der Waals surface area contributed by atoms with E-state index in [1.807, 2.05) is 0 Å². The summed E-state index contributed by atoms with van der Waals surface area (Å²) >= 11 is 36.6. The minimum atomic E-state index is 0. The molecule has 2 heterocycles. The largest absolute Gasteiger partial charge is 1.00 e. The Kier molecular flexibility index (Phi) is 102. The number of nitrogens with zero attached hydrogens (tertiary/aromatic N) is 3. The summed E-state index contributed by atoms with van der Waals surface area (Å²) in [6.07, 6.45) is 0. The molecule has 0 bridgehead atoms.